The molecule has 0 atom stereocenters. The van der Waals surface area contributed by atoms with Crippen LogP contribution in [0.5, 0.6) is 0 Å². The van der Waals surface area contributed by atoms with Crippen molar-refractivity contribution in [2.24, 2.45) is 0 Å². The van der Waals surface area contributed by atoms with E-state index >= 15 is 0 Å². The molecule has 0 radical (unpaired) electrons. The van der Waals surface area contributed by atoms with Crippen molar-refractivity contribution >= 4 is 0 Å². The number of benzene rings is 1. The zero-order chi connectivity index (χ0) is 12.9. The van der Waals surface area contributed by atoms with Gasteiger partial charge in [0.25, 0.3) is 0 Å². The van der Waals surface area contributed by atoms with E-state index < -0.39 is 0 Å². The Morgan fingerprint density at radius 1 is 1.05 bits per heavy atom. The van der Waals surface area contributed by atoms with Crippen molar-refractivity contribution in [1.29, 1.82) is 0 Å². The molecule has 0 unspecified atom stereocenters. The lowest BCUT2D eigenvalue weighted by Gasteiger charge is -2.30. The first-order chi connectivity index (χ1) is 9.42. The largest absolute Gasteiger partial charge is 0.313 e. The summed E-state index contributed by atoms with van der Waals surface area (Å²) in [5, 5.41) is 3.75. The van der Waals surface area contributed by atoms with Crippen LogP contribution in [-0.2, 0) is 13.0 Å². The molecule has 1 fully saturated rings. The average Bonchev–Trinajstić information content (AvgIpc) is 2.48. The van der Waals surface area contributed by atoms with E-state index in [0.717, 1.165) is 19.1 Å². The molecule has 0 amide bonds. The van der Waals surface area contributed by atoms with Crippen LogP contribution in [0.3, 0.4) is 0 Å². The lowest BCUT2D eigenvalue weighted by Crippen LogP contribution is -2.39. The van der Waals surface area contributed by atoms with Crippen molar-refractivity contribution in [3.05, 3.63) is 35.4 Å². The fourth-order valence-corrected chi connectivity index (χ4v) is 3.48. The van der Waals surface area contributed by atoms with Crippen LogP contribution in [0.15, 0.2) is 24.3 Å². The van der Waals surface area contributed by atoms with Gasteiger partial charge in [-0.2, -0.15) is 0 Å². The molecule has 0 spiro atoms. The van der Waals surface area contributed by atoms with E-state index in [1.165, 1.54) is 57.2 Å². The molecule has 2 heteroatoms. The number of rotatable bonds is 4. The topological polar surface area (TPSA) is 15.3 Å². The summed E-state index contributed by atoms with van der Waals surface area (Å²) in [5.74, 6) is 0. The van der Waals surface area contributed by atoms with Gasteiger partial charge in [-0.05, 0) is 30.4 Å². The Bertz CT molecular complexity index is 396. The number of nitrogens with zero attached hydrogens (tertiary/aromatic N) is 1. The zero-order valence-electron chi connectivity index (χ0n) is 11.9. The molecule has 1 aliphatic carbocycles. The SMILES string of the molecule is c1ccc2c(c1)CCN(CCNC1CCCCC1)C2. The third-order valence-corrected chi connectivity index (χ3v) is 4.68. The Morgan fingerprint density at radius 3 is 2.68 bits per heavy atom. The Balaban J connectivity index is 1.42. The van der Waals surface area contributed by atoms with Gasteiger partial charge in [-0.1, -0.05) is 43.5 Å². The fourth-order valence-electron chi connectivity index (χ4n) is 3.48. The first-order valence-corrected chi connectivity index (χ1v) is 7.94. The van der Waals surface area contributed by atoms with Crippen molar-refractivity contribution in [3.63, 3.8) is 0 Å². The first kappa shape index (κ1) is 13.1. The molecule has 104 valence electrons. The van der Waals surface area contributed by atoms with Crippen LogP contribution in [0.2, 0.25) is 0 Å². The van der Waals surface area contributed by atoms with E-state index in [1.54, 1.807) is 5.56 Å². The smallest absolute Gasteiger partial charge is 0.0237 e. The maximum atomic E-state index is 3.75. The minimum atomic E-state index is 0.797. The molecule has 19 heavy (non-hydrogen) atoms. The molecule has 0 aromatic heterocycles. The van der Waals surface area contributed by atoms with Gasteiger partial charge in [0.1, 0.15) is 0 Å². The van der Waals surface area contributed by atoms with E-state index in [-0.39, 0.29) is 0 Å². The van der Waals surface area contributed by atoms with Gasteiger partial charge in [0.2, 0.25) is 0 Å². The van der Waals surface area contributed by atoms with Crippen molar-refractivity contribution in [2.45, 2.75) is 51.1 Å². The molecule has 2 nitrogen and oxygen atoms in total. The van der Waals surface area contributed by atoms with Crippen LogP contribution in [0, 0.1) is 0 Å². The number of nitrogens with one attached hydrogen (secondary N) is 1. The zero-order valence-corrected chi connectivity index (χ0v) is 11.9. The predicted octanol–water partition coefficient (Wildman–Crippen LogP) is 2.97. The van der Waals surface area contributed by atoms with E-state index in [2.05, 4.69) is 34.5 Å². The highest BCUT2D eigenvalue weighted by atomic mass is 15.1. The standard InChI is InChI=1S/C17H26N2/c1-2-8-17(9-3-1)18-11-13-19-12-10-15-6-4-5-7-16(15)14-19/h4-7,17-18H,1-3,8-14H2. The lowest BCUT2D eigenvalue weighted by molar-refractivity contribution is 0.244. The average molecular weight is 258 g/mol. The van der Waals surface area contributed by atoms with Crippen LogP contribution in [0.25, 0.3) is 0 Å². The van der Waals surface area contributed by atoms with E-state index in [0.29, 0.717) is 0 Å². The summed E-state index contributed by atoms with van der Waals surface area (Å²) < 4.78 is 0. The number of fused-ring (bicyclic) bond motifs is 1. The van der Waals surface area contributed by atoms with Crippen LogP contribution in [0.4, 0.5) is 0 Å². The third kappa shape index (κ3) is 3.58. The second-order valence-electron chi connectivity index (χ2n) is 6.08. The van der Waals surface area contributed by atoms with Crippen molar-refractivity contribution in [3.8, 4) is 0 Å². The fraction of sp³-hybridized carbons (Fsp3) is 0.647. The van der Waals surface area contributed by atoms with Gasteiger partial charge in [0.15, 0.2) is 0 Å². The van der Waals surface area contributed by atoms with Gasteiger partial charge in [-0.15, -0.1) is 0 Å². The molecule has 1 heterocycles. The molecule has 1 aromatic rings. The molecule has 1 aromatic carbocycles. The van der Waals surface area contributed by atoms with Gasteiger partial charge < -0.3 is 5.32 Å². The van der Waals surface area contributed by atoms with Crippen LogP contribution < -0.4 is 5.32 Å². The highest BCUT2D eigenvalue weighted by Crippen LogP contribution is 2.19. The summed E-state index contributed by atoms with van der Waals surface area (Å²) in [7, 11) is 0. The van der Waals surface area contributed by atoms with Crippen molar-refractivity contribution in [2.75, 3.05) is 19.6 Å². The first-order valence-electron chi connectivity index (χ1n) is 7.94. The molecule has 0 saturated heterocycles. The molecule has 1 N–H and O–H groups in total. The maximum absolute atomic E-state index is 3.75. The predicted molar refractivity (Wildman–Crippen MR) is 80.3 cm³/mol. The molecular weight excluding hydrogens is 232 g/mol. The van der Waals surface area contributed by atoms with Gasteiger partial charge in [-0.3, -0.25) is 4.90 Å². The summed E-state index contributed by atoms with van der Waals surface area (Å²) in [5.41, 5.74) is 3.09. The van der Waals surface area contributed by atoms with Gasteiger partial charge >= 0.3 is 0 Å². The highest BCUT2D eigenvalue weighted by molar-refractivity contribution is 5.28. The summed E-state index contributed by atoms with van der Waals surface area (Å²) in [6, 6.07) is 9.70. The summed E-state index contributed by atoms with van der Waals surface area (Å²) >= 11 is 0. The van der Waals surface area contributed by atoms with Gasteiger partial charge in [0.05, 0.1) is 0 Å². The minimum Gasteiger partial charge on any atom is -0.313 e. The monoisotopic (exact) mass is 258 g/mol. The highest BCUT2D eigenvalue weighted by Gasteiger charge is 2.16. The molecule has 2 aliphatic rings. The lowest BCUT2D eigenvalue weighted by atomic mass is 9.95. The molecular formula is C17H26N2. The van der Waals surface area contributed by atoms with E-state index in [4.69, 9.17) is 0 Å². The molecule has 1 aliphatic heterocycles. The van der Waals surface area contributed by atoms with Crippen LogP contribution in [0.1, 0.15) is 43.2 Å². The van der Waals surface area contributed by atoms with Crippen molar-refractivity contribution < 1.29 is 0 Å². The summed E-state index contributed by atoms with van der Waals surface area (Å²) in [4.78, 5) is 2.60. The Morgan fingerprint density at radius 2 is 1.84 bits per heavy atom. The minimum absolute atomic E-state index is 0.797. The van der Waals surface area contributed by atoms with Crippen LogP contribution >= 0.6 is 0 Å². The van der Waals surface area contributed by atoms with E-state index in [9.17, 15) is 0 Å². The maximum Gasteiger partial charge on any atom is 0.0237 e. The second kappa shape index (κ2) is 6.53. The van der Waals surface area contributed by atoms with E-state index in [1.807, 2.05) is 0 Å². The Labute approximate surface area is 117 Å². The molecule has 0 bridgehead atoms. The second-order valence-corrected chi connectivity index (χ2v) is 6.08. The normalized spacial score (nSPS) is 21.3. The Kier molecular flexibility index (Phi) is 4.52. The summed E-state index contributed by atoms with van der Waals surface area (Å²) in [6.07, 6.45) is 8.30. The van der Waals surface area contributed by atoms with Crippen LogP contribution in [-0.4, -0.2) is 30.6 Å². The Hall–Kier alpha value is -0.860. The number of hydrogen-bond acceptors (Lipinski definition) is 2. The van der Waals surface area contributed by atoms with Gasteiger partial charge in [-0.25, -0.2) is 0 Å². The quantitative estimate of drug-likeness (QED) is 0.893. The third-order valence-electron chi connectivity index (χ3n) is 4.68. The molecule has 3 rings (SSSR count). The molecule has 1 saturated carbocycles. The number of hydrogen-bond donors (Lipinski definition) is 1. The summed E-state index contributed by atoms with van der Waals surface area (Å²) in [6.45, 7) is 4.73. The van der Waals surface area contributed by atoms with Crippen molar-refractivity contribution in [1.82, 2.24) is 10.2 Å². The van der Waals surface area contributed by atoms with Gasteiger partial charge in [0, 0.05) is 32.2 Å².